The highest BCUT2D eigenvalue weighted by molar-refractivity contribution is 5.71. The van der Waals surface area contributed by atoms with Gasteiger partial charge >= 0.3 is 0 Å². The lowest BCUT2D eigenvalue weighted by molar-refractivity contribution is 0.119. The Hall–Kier alpha value is -1.84. The lowest BCUT2D eigenvalue weighted by atomic mass is 10.0. The summed E-state index contributed by atoms with van der Waals surface area (Å²) in [4.78, 5) is 2.11. The average molecular weight is 299 g/mol. The molecule has 22 heavy (non-hydrogen) atoms. The molecular weight excluding hydrogens is 274 g/mol. The molecule has 0 amide bonds. The Balaban J connectivity index is 2.25. The summed E-state index contributed by atoms with van der Waals surface area (Å²) in [6.07, 6.45) is 0.0850. The quantitative estimate of drug-likeness (QED) is 0.771. The molecule has 2 aromatic carbocycles. The number of benzene rings is 2. The Morgan fingerprint density at radius 1 is 1.05 bits per heavy atom. The monoisotopic (exact) mass is 299 g/mol. The van der Waals surface area contributed by atoms with Crippen molar-refractivity contribution in [1.82, 2.24) is 4.90 Å². The molecule has 0 aliphatic rings. The van der Waals surface area contributed by atoms with Crippen LogP contribution in [0.15, 0.2) is 48.5 Å². The van der Waals surface area contributed by atoms with Crippen LogP contribution in [0.1, 0.15) is 18.6 Å². The SMILES string of the molecule is CO[C@H](C)c1cccc(-c2ccccc2OCCN(C)C)c1. The van der Waals surface area contributed by atoms with Gasteiger partial charge in [0.1, 0.15) is 12.4 Å². The van der Waals surface area contributed by atoms with Gasteiger partial charge in [-0.1, -0.05) is 36.4 Å². The molecule has 3 nitrogen and oxygen atoms in total. The third-order valence-corrected chi connectivity index (χ3v) is 3.70. The van der Waals surface area contributed by atoms with Gasteiger partial charge in [0, 0.05) is 19.2 Å². The Bertz CT molecular complexity index is 595. The Morgan fingerprint density at radius 3 is 2.55 bits per heavy atom. The van der Waals surface area contributed by atoms with Gasteiger partial charge in [0.25, 0.3) is 0 Å². The maximum absolute atomic E-state index is 5.96. The molecule has 0 aromatic heterocycles. The van der Waals surface area contributed by atoms with E-state index < -0.39 is 0 Å². The molecule has 1 atom stereocenters. The molecule has 0 saturated carbocycles. The van der Waals surface area contributed by atoms with Gasteiger partial charge in [-0.2, -0.15) is 0 Å². The third-order valence-electron chi connectivity index (χ3n) is 3.70. The smallest absolute Gasteiger partial charge is 0.127 e. The van der Waals surface area contributed by atoms with Crippen molar-refractivity contribution in [2.45, 2.75) is 13.0 Å². The normalized spacial score (nSPS) is 12.4. The third kappa shape index (κ3) is 4.33. The lowest BCUT2D eigenvalue weighted by Crippen LogP contribution is -2.19. The van der Waals surface area contributed by atoms with Crippen molar-refractivity contribution in [2.24, 2.45) is 0 Å². The second-order valence-corrected chi connectivity index (χ2v) is 5.65. The van der Waals surface area contributed by atoms with E-state index >= 15 is 0 Å². The molecule has 0 aliphatic heterocycles. The fourth-order valence-electron chi connectivity index (χ4n) is 2.26. The predicted octanol–water partition coefficient (Wildman–Crippen LogP) is 4.00. The summed E-state index contributed by atoms with van der Waals surface area (Å²) in [5, 5.41) is 0. The van der Waals surface area contributed by atoms with Crippen molar-refractivity contribution in [3.8, 4) is 16.9 Å². The van der Waals surface area contributed by atoms with Crippen molar-refractivity contribution < 1.29 is 9.47 Å². The number of rotatable bonds is 7. The van der Waals surface area contributed by atoms with E-state index in [0.717, 1.165) is 23.4 Å². The number of methoxy groups -OCH3 is 1. The van der Waals surface area contributed by atoms with E-state index in [2.05, 4.69) is 42.2 Å². The minimum Gasteiger partial charge on any atom is -0.492 e. The van der Waals surface area contributed by atoms with Crippen LogP contribution >= 0.6 is 0 Å². The van der Waals surface area contributed by atoms with Crippen LogP contribution in [0.3, 0.4) is 0 Å². The van der Waals surface area contributed by atoms with Crippen molar-refractivity contribution in [1.29, 1.82) is 0 Å². The first kappa shape index (κ1) is 16.5. The Kier molecular flexibility index (Phi) is 5.99. The van der Waals surface area contributed by atoms with Gasteiger partial charge in [-0.15, -0.1) is 0 Å². The zero-order valence-electron chi connectivity index (χ0n) is 13.9. The van der Waals surface area contributed by atoms with Crippen LogP contribution < -0.4 is 4.74 Å². The Labute approximate surface area is 133 Å². The second-order valence-electron chi connectivity index (χ2n) is 5.65. The molecule has 2 aromatic rings. The van der Waals surface area contributed by atoms with Crippen LogP contribution in [-0.4, -0.2) is 39.3 Å². The number of hydrogen-bond acceptors (Lipinski definition) is 3. The van der Waals surface area contributed by atoms with E-state index in [1.54, 1.807) is 7.11 Å². The molecule has 0 fully saturated rings. The first-order valence-electron chi connectivity index (χ1n) is 7.61. The molecule has 3 heteroatoms. The molecular formula is C19H25NO2. The molecule has 0 radical (unpaired) electrons. The van der Waals surface area contributed by atoms with E-state index in [4.69, 9.17) is 9.47 Å². The molecule has 2 rings (SSSR count). The minimum absolute atomic E-state index is 0.0850. The van der Waals surface area contributed by atoms with Crippen LogP contribution in [0, 0.1) is 0 Å². The molecule has 0 saturated heterocycles. The maximum Gasteiger partial charge on any atom is 0.127 e. The van der Waals surface area contributed by atoms with Crippen LogP contribution in [0.5, 0.6) is 5.75 Å². The zero-order valence-corrected chi connectivity index (χ0v) is 13.9. The summed E-state index contributed by atoms with van der Waals surface area (Å²) in [5.74, 6) is 0.923. The average Bonchev–Trinajstić information content (AvgIpc) is 2.54. The number of hydrogen-bond donors (Lipinski definition) is 0. The molecule has 0 N–H and O–H groups in total. The summed E-state index contributed by atoms with van der Waals surface area (Å²) in [6, 6.07) is 16.6. The minimum atomic E-state index is 0.0850. The van der Waals surface area contributed by atoms with Crippen LogP contribution in [-0.2, 0) is 4.74 Å². The first-order valence-corrected chi connectivity index (χ1v) is 7.61. The van der Waals surface area contributed by atoms with Gasteiger partial charge in [-0.25, -0.2) is 0 Å². The van der Waals surface area contributed by atoms with Crippen LogP contribution in [0.25, 0.3) is 11.1 Å². The van der Waals surface area contributed by atoms with E-state index in [1.165, 1.54) is 5.56 Å². The maximum atomic E-state index is 5.96. The predicted molar refractivity (Wildman–Crippen MR) is 91.4 cm³/mol. The summed E-state index contributed by atoms with van der Waals surface area (Å²) >= 11 is 0. The van der Waals surface area contributed by atoms with Crippen LogP contribution in [0.2, 0.25) is 0 Å². The van der Waals surface area contributed by atoms with Crippen LogP contribution in [0.4, 0.5) is 0 Å². The van der Waals surface area contributed by atoms with Gasteiger partial charge < -0.3 is 14.4 Å². The molecule has 118 valence electrons. The molecule has 0 bridgehead atoms. The van der Waals surface area contributed by atoms with Crippen molar-refractivity contribution >= 4 is 0 Å². The van der Waals surface area contributed by atoms with Crippen molar-refractivity contribution in [3.05, 3.63) is 54.1 Å². The number of nitrogens with zero attached hydrogens (tertiary/aromatic N) is 1. The zero-order chi connectivity index (χ0) is 15.9. The van der Waals surface area contributed by atoms with Crippen molar-refractivity contribution in [3.63, 3.8) is 0 Å². The fraction of sp³-hybridized carbons (Fsp3) is 0.368. The second kappa shape index (κ2) is 7.97. The van der Waals surface area contributed by atoms with Gasteiger partial charge in [-0.3, -0.25) is 0 Å². The molecule has 0 aliphatic carbocycles. The van der Waals surface area contributed by atoms with E-state index in [1.807, 2.05) is 32.3 Å². The lowest BCUT2D eigenvalue weighted by Gasteiger charge is -2.15. The Morgan fingerprint density at radius 2 is 1.82 bits per heavy atom. The first-order chi connectivity index (χ1) is 10.6. The molecule has 0 heterocycles. The summed E-state index contributed by atoms with van der Waals surface area (Å²) < 4.78 is 11.4. The molecule has 0 spiro atoms. The van der Waals surface area contributed by atoms with Gasteiger partial charge in [0.15, 0.2) is 0 Å². The van der Waals surface area contributed by atoms with Gasteiger partial charge in [0.05, 0.1) is 6.10 Å². The fourth-order valence-corrected chi connectivity index (χ4v) is 2.26. The highest BCUT2D eigenvalue weighted by Crippen LogP contribution is 2.31. The summed E-state index contributed by atoms with van der Waals surface area (Å²) in [6.45, 7) is 3.63. The highest BCUT2D eigenvalue weighted by Gasteiger charge is 2.09. The summed E-state index contributed by atoms with van der Waals surface area (Å²) in [5.41, 5.74) is 3.44. The number of likely N-dealkylation sites (N-methyl/N-ethyl adjacent to an activating group) is 1. The van der Waals surface area contributed by atoms with E-state index in [9.17, 15) is 0 Å². The number of ether oxygens (including phenoxy) is 2. The van der Waals surface area contributed by atoms with Gasteiger partial charge in [0.2, 0.25) is 0 Å². The molecule has 0 unspecified atom stereocenters. The summed E-state index contributed by atoms with van der Waals surface area (Å²) in [7, 11) is 5.82. The van der Waals surface area contributed by atoms with E-state index in [-0.39, 0.29) is 6.10 Å². The van der Waals surface area contributed by atoms with Crippen molar-refractivity contribution in [2.75, 3.05) is 34.4 Å². The standard InChI is InChI=1S/C19H25NO2/c1-15(21-4)16-8-7-9-17(14-16)18-10-5-6-11-19(18)22-13-12-20(2)3/h5-11,14-15H,12-13H2,1-4H3/t15-/m1/s1. The topological polar surface area (TPSA) is 21.7 Å². The van der Waals surface area contributed by atoms with E-state index in [0.29, 0.717) is 6.61 Å². The highest BCUT2D eigenvalue weighted by atomic mass is 16.5. The number of para-hydroxylation sites is 1. The van der Waals surface area contributed by atoms with Gasteiger partial charge in [-0.05, 0) is 44.3 Å². The largest absolute Gasteiger partial charge is 0.492 e.